The summed E-state index contributed by atoms with van der Waals surface area (Å²) in [6.45, 7) is 5.30. The van der Waals surface area contributed by atoms with Gasteiger partial charge in [-0.2, -0.15) is 0 Å². The molecule has 2 amide bonds. The number of ether oxygens (including phenoxy) is 1. The van der Waals surface area contributed by atoms with E-state index in [1.165, 1.54) is 24.1 Å². The highest BCUT2D eigenvalue weighted by atomic mass is 35.5. The van der Waals surface area contributed by atoms with E-state index in [2.05, 4.69) is 5.32 Å². The molecule has 0 unspecified atom stereocenters. The Hall–Kier alpha value is -4.34. The van der Waals surface area contributed by atoms with Crippen LogP contribution < -0.4 is 14.4 Å². The number of hydrogen-bond acceptors (Lipinski definition) is 5. The fraction of sp³-hybridized carbons (Fsp3) is 0.257. The summed E-state index contributed by atoms with van der Waals surface area (Å²) in [4.78, 5) is 29.6. The molecular formula is C35H38ClN3O5S. The third-order valence-corrected chi connectivity index (χ3v) is 9.36. The van der Waals surface area contributed by atoms with Crippen LogP contribution in [0.2, 0.25) is 5.02 Å². The van der Waals surface area contributed by atoms with Crippen LogP contribution in [0.15, 0.2) is 102 Å². The first-order valence-electron chi connectivity index (χ1n) is 14.6. The van der Waals surface area contributed by atoms with Crippen LogP contribution in [0.4, 0.5) is 5.69 Å². The molecule has 0 fully saturated rings. The van der Waals surface area contributed by atoms with Crippen LogP contribution in [0.5, 0.6) is 5.75 Å². The SMILES string of the molecule is CCNC(=O)[C@H](Cc1ccccc1)N(Cc1cccc(Cl)c1)C(=O)CN(c1cc(C)ccc1OC)S(=O)(=O)c1ccc(C)cc1. The van der Waals surface area contributed by atoms with Gasteiger partial charge in [0, 0.05) is 24.5 Å². The molecule has 0 heterocycles. The Morgan fingerprint density at radius 1 is 0.867 bits per heavy atom. The summed E-state index contributed by atoms with van der Waals surface area (Å²) in [5.74, 6) is -0.630. The minimum Gasteiger partial charge on any atom is -0.495 e. The Morgan fingerprint density at radius 2 is 1.53 bits per heavy atom. The van der Waals surface area contributed by atoms with E-state index in [1.54, 1.807) is 55.5 Å². The minimum absolute atomic E-state index is 0.0235. The predicted molar refractivity (Wildman–Crippen MR) is 178 cm³/mol. The minimum atomic E-state index is -4.26. The highest BCUT2D eigenvalue weighted by molar-refractivity contribution is 7.92. The molecule has 0 saturated carbocycles. The van der Waals surface area contributed by atoms with E-state index in [0.29, 0.717) is 17.1 Å². The second-order valence-electron chi connectivity index (χ2n) is 10.8. The topological polar surface area (TPSA) is 96.0 Å². The number of methoxy groups -OCH3 is 1. The van der Waals surface area contributed by atoms with Gasteiger partial charge in [-0.05, 0) is 73.9 Å². The molecule has 4 aromatic carbocycles. The van der Waals surface area contributed by atoms with Gasteiger partial charge < -0.3 is 15.0 Å². The molecule has 0 aliphatic heterocycles. The molecular weight excluding hydrogens is 610 g/mol. The number of halogens is 1. The predicted octanol–water partition coefficient (Wildman–Crippen LogP) is 5.94. The summed E-state index contributed by atoms with van der Waals surface area (Å²) in [6, 6.07) is 27.1. The maximum absolute atomic E-state index is 14.5. The van der Waals surface area contributed by atoms with Crippen molar-refractivity contribution >= 4 is 39.1 Å². The van der Waals surface area contributed by atoms with Gasteiger partial charge in [0.15, 0.2) is 0 Å². The standard InChI is InChI=1S/C35H38ClN3O5S/c1-5-37-35(41)32(22-27-10-7-6-8-11-27)38(23-28-12-9-13-29(36)21-28)34(40)24-39(31-20-26(3)16-19-33(31)44-4)45(42,43)30-17-14-25(2)15-18-30/h6-21,32H,5,22-24H2,1-4H3,(H,37,41)/t32-/m0/s1. The van der Waals surface area contributed by atoms with Gasteiger partial charge in [0.1, 0.15) is 18.3 Å². The van der Waals surface area contributed by atoms with Crippen LogP contribution in [-0.4, -0.2) is 51.4 Å². The number of hydrogen-bond donors (Lipinski definition) is 1. The van der Waals surface area contributed by atoms with E-state index in [9.17, 15) is 18.0 Å². The molecule has 0 aliphatic carbocycles. The number of likely N-dealkylation sites (N-methyl/N-ethyl adjacent to an activating group) is 1. The molecule has 10 heteroatoms. The van der Waals surface area contributed by atoms with Crippen molar-refractivity contribution in [3.63, 3.8) is 0 Å². The molecule has 0 aliphatic rings. The molecule has 0 bridgehead atoms. The largest absolute Gasteiger partial charge is 0.495 e. The van der Waals surface area contributed by atoms with Crippen LogP contribution in [0.25, 0.3) is 0 Å². The summed E-state index contributed by atoms with van der Waals surface area (Å²) in [5, 5.41) is 3.34. The van der Waals surface area contributed by atoms with E-state index in [1.807, 2.05) is 50.2 Å². The van der Waals surface area contributed by atoms with Crippen LogP contribution in [0.1, 0.15) is 29.2 Å². The molecule has 0 saturated heterocycles. The number of benzene rings is 4. The number of sulfonamides is 1. The van der Waals surface area contributed by atoms with Crippen LogP contribution in [-0.2, 0) is 32.6 Å². The molecule has 8 nitrogen and oxygen atoms in total. The zero-order valence-corrected chi connectivity index (χ0v) is 27.4. The third-order valence-electron chi connectivity index (χ3n) is 7.35. The molecule has 45 heavy (non-hydrogen) atoms. The number of nitrogens with zero attached hydrogens (tertiary/aromatic N) is 2. The maximum atomic E-state index is 14.5. The van der Waals surface area contributed by atoms with Gasteiger partial charge in [0.05, 0.1) is 17.7 Å². The normalized spacial score (nSPS) is 11.8. The van der Waals surface area contributed by atoms with E-state index in [0.717, 1.165) is 21.0 Å². The first-order valence-corrected chi connectivity index (χ1v) is 16.4. The first kappa shape index (κ1) is 33.6. The van der Waals surface area contributed by atoms with Gasteiger partial charge in [-0.3, -0.25) is 13.9 Å². The summed E-state index contributed by atoms with van der Waals surface area (Å²) < 4.78 is 35.2. The summed E-state index contributed by atoms with van der Waals surface area (Å²) in [5.41, 5.74) is 3.43. The number of amides is 2. The van der Waals surface area contributed by atoms with Crippen LogP contribution >= 0.6 is 11.6 Å². The fourth-order valence-corrected chi connectivity index (χ4v) is 6.65. The van der Waals surface area contributed by atoms with E-state index in [-0.39, 0.29) is 35.2 Å². The van der Waals surface area contributed by atoms with Crippen LogP contribution in [0.3, 0.4) is 0 Å². The molecule has 236 valence electrons. The highest BCUT2D eigenvalue weighted by Crippen LogP contribution is 2.34. The number of rotatable bonds is 13. The van der Waals surface area contributed by atoms with Crippen LogP contribution in [0, 0.1) is 13.8 Å². The monoisotopic (exact) mass is 647 g/mol. The molecule has 0 spiro atoms. The lowest BCUT2D eigenvalue weighted by molar-refractivity contribution is -0.140. The molecule has 0 aromatic heterocycles. The Kier molecular flexibility index (Phi) is 11.3. The first-order chi connectivity index (χ1) is 21.5. The molecule has 0 radical (unpaired) electrons. The van der Waals surface area contributed by atoms with E-state index in [4.69, 9.17) is 16.3 Å². The van der Waals surface area contributed by atoms with Gasteiger partial charge in [-0.1, -0.05) is 77.8 Å². The quantitative estimate of drug-likeness (QED) is 0.194. The summed E-state index contributed by atoms with van der Waals surface area (Å²) in [7, 11) is -2.81. The molecule has 4 aromatic rings. The van der Waals surface area contributed by atoms with Crippen molar-refractivity contribution in [1.82, 2.24) is 10.2 Å². The second-order valence-corrected chi connectivity index (χ2v) is 13.1. The van der Waals surface area contributed by atoms with Gasteiger partial charge in [0.25, 0.3) is 10.0 Å². The summed E-state index contributed by atoms with van der Waals surface area (Å²) >= 11 is 6.30. The average molecular weight is 648 g/mol. The van der Waals surface area contributed by atoms with Crippen molar-refractivity contribution in [1.29, 1.82) is 0 Å². The number of nitrogens with one attached hydrogen (secondary N) is 1. The molecule has 1 atom stereocenters. The van der Waals surface area contributed by atoms with Crippen molar-refractivity contribution in [3.8, 4) is 5.75 Å². The third kappa shape index (κ3) is 8.44. The maximum Gasteiger partial charge on any atom is 0.264 e. The fourth-order valence-electron chi connectivity index (χ4n) is 5.02. The van der Waals surface area contributed by atoms with E-state index >= 15 is 0 Å². The Balaban J connectivity index is 1.85. The number of carbonyl (C=O) groups is 2. The second kappa shape index (κ2) is 15.1. The number of carbonyl (C=O) groups excluding carboxylic acids is 2. The number of aryl methyl sites for hydroxylation is 2. The van der Waals surface area contributed by atoms with Gasteiger partial charge in [-0.15, -0.1) is 0 Å². The van der Waals surface area contributed by atoms with Gasteiger partial charge in [0.2, 0.25) is 11.8 Å². The van der Waals surface area contributed by atoms with Gasteiger partial charge in [-0.25, -0.2) is 8.42 Å². The zero-order chi connectivity index (χ0) is 32.6. The van der Waals surface area contributed by atoms with Crippen molar-refractivity contribution < 1.29 is 22.7 Å². The van der Waals surface area contributed by atoms with Gasteiger partial charge >= 0.3 is 0 Å². The Morgan fingerprint density at radius 3 is 2.18 bits per heavy atom. The zero-order valence-electron chi connectivity index (χ0n) is 25.9. The van der Waals surface area contributed by atoms with Crippen molar-refractivity contribution in [3.05, 3.63) is 124 Å². The summed E-state index contributed by atoms with van der Waals surface area (Å²) in [6.07, 6.45) is 0.220. The highest BCUT2D eigenvalue weighted by Gasteiger charge is 2.35. The van der Waals surface area contributed by atoms with E-state index < -0.39 is 28.5 Å². The molecule has 4 rings (SSSR count). The smallest absolute Gasteiger partial charge is 0.264 e. The average Bonchev–Trinajstić information content (AvgIpc) is 3.02. The Bertz CT molecular complexity index is 1730. The van der Waals surface area contributed by atoms with Crippen molar-refractivity contribution in [2.24, 2.45) is 0 Å². The van der Waals surface area contributed by atoms with Crippen molar-refractivity contribution in [2.45, 2.75) is 44.7 Å². The lowest BCUT2D eigenvalue weighted by Gasteiger charge is -2.34. The molecule has 1 N–H and O–H groups in total. The van der Waals surface area contributed by atoms with Crippen molar-refractivity contribution in [2.75, 3.05) is 24.5 Å². The number of anilines is 1. The lowest BCUT2D eigenvalue weighted by atomic mass is 10.0. The Labute approximate surface area is 270 Å². The lowest BCUT2D eigenvalue weighted by Crippen LogP contribution is -2.53.